The number of hydrogen-bond acceptors (Lipinski definition) is 4. The molecule has 0 aliphatic rings. The number of halogens is 1. The summed E-state index contributed by atoms with van der Waals surface area (Å²) in [6, 6.07) is 6.43. The number of hydrogen-bond donors (Lipinski definition) is 2. The van der Waals surface area contributed by atoms with Crippen LogP contribution in [0.2, 0.25) is 5.02 Å². The van der Waals surface area contributed by atoms with Gasteiger partial charge in [0.1, 0.15) is 5.82 Å². The molecular weight excluding hydrogens is 250 g/mol. The first-order valence-electron chi connectivity index (χ1n) is 5.31. The first-order valence-corrected chi connectivity index (χ1v) is 5.68. The number of aromatic nitrogens is 1. The minimum atomic E-state index is -0.252. The summed E-state index contributed by atoms with van der Waals surface area (Å²) in [6.07, 6.45) is 1.61. The van der Waals surface area contributed by atoms with Gasteiger partial charge in [0.2, 0.25) is 0 Å². The van der Waals surface area contributed by atoms with Crippen LogP contribution in [0, 0.1) is 6.92 Å². The second kappa shape index (κ2) is 4.66. The van der Waals surface area contributed by atoms with E-state index in [2.05, 4.69) is 4.98 Å². The van der Waals surface area contributed by atoms with Crippen LogP contribution in [0.3, 0.4) is 0 Å². The highest BCUT2D eigenvalue weighted by molar-refractivity contribution is 6.31. The average Bonchev–Trinajstić information content (AvgIpc) is 2.31. The molecule has 0 aliphatic carbocycles. The highest BCUT2D eigenvalue weighted by Crippen LogP contribution is 2.23. The Morgan fingerprint density at radius 1 is 1.22 bits per heavy atom. The third kappa shape index (κ3) is 2.28. The van der Waals surface area contributed by atoms with Crippen molar-refractivity contribution in [3.05, 3.63) is 52.2 Å². The molecule has 0 atom stereocenters. The summed E-state index contributed by atoms with van der Waals surface area (Å²) in [6.45, 7) is 1.84. The lowest BCUT2D eigenvalue weighted by Gasteiger charge is -2.07. The number of rotatable bonds is 2. The normalized spacial score (nSPS) is 10.3. The van der Waals surface area contributed by atoms with Gasteiger partial charge in [-0.3, -0.25) is 4.79 Å². The number of nitrogens with two attached hydrogens (primary N) is 2. The van der Waals surface area contributed by atoms with E-state index in [1.165, 1.54) is 6.07 Å². The van der Waals surface area contributed by atoms with Gasteiger partial charge in [-0.2, -0.15) is 0 Å². The Labute approximate surface area is 110 Å². The van der Waals surface area contributed by atoms with Crippen LogP contribution >= 0.6 is 11.6 Å². The molecule has 0 bridgehead atoms. The number of pyridine rings is 1. The molecule has 0 aliphatic heterocycles. The summed E-state index contributed by atoms with van der Waals surface area (Å²) >= 11 is 5.80. The standard InChI is InChI=1S/C13H12ClN3O/c1-7-4-10(13(16)17-6-7)12(18)9-3-2-8(14)5-11(9)15/h2-6H,15H2,1H3,(H2,16,17). The van der Waals surface area contributed by atoms with Crippen molar-refractivity contribution < 1.29 is 4.79 Å². The van der Waals surface area contributed by atoms with E-state index in [1.54, 1.807) is 24.4 Å². The monoisotopic (exact) mass is 261 g/mol. The van der Waals surface area contributed by atoms with E-state index >= 15 is 0 Å². The maximum absolute atomic E-state index is 12.3. The Hall–Kier alpha value is -2.07. The smallest absolute Gasteiger partial charge is 0.198 e. The summed E-state index contributed by atoms with van der Waals surface area (Å²) in [5.41, 5.74) is 13.4. The van der Waals surface area contributed by atoms with Crippen LogP contribution in [-0.4, -0.2) is 10.8 Å². The minimum Gasteiger partial charge on any atom is -0.398 e. The first kappa shape index (κ1) is 12.4. The molecule has 1 aromatic carbocycles. The molecule has 18 heavy (non-hydrogen) atoms. The van der Waals surface area contributed by atoms with E-state index in [0.717, 1.165) is 5.56 Å². The second-order valence-electron chi connectivity index (χ2n) is 4.01. The molecule has 92 valence electrons. The van der Waals surface area contributed by atoms with E-state index < -0.39 is 0 Å². The van der Waals surface area contributed by atoms with E-state index in [-0.39, 0.29) is 11.6 Å². The van der Waals surface area contributed by atoms with Gasteiger partial charge < -0.3 is 11.5 Å². The van der Waals surface area contributed by atoms with E-state index in [0.29, 0.717) is 21.8 Å². The van der Waals surface area contributed by atoms with Crippen molar-refractivity contribution in [1.82, 2.24) is 4.98 Å². The Kier molecular flexibility index (Phi) is 3.21. The number of ketones is 1. The number of nitrogens with zero attached hydrogens (tertiary/aromatic N) is 1. The van der Waals surface area contributed by atoms with Crippen LogP contribution in [0.1, 0.15) is 21.5 Å². The molecule has 0 amide bonds. The highest BCUT2D eigenvalue weighted by Gasteiger charge is 2.16. The highest BCUT2D eigenvalue weighted by atomic mass is 35.5. The van der Waals surface area contributed by atoms with Gasteiger partial charge in [-0.25, -0.2) is 4.98 Å². The van der Waals surface area contributed by atoms with Gasteiger partial charge in [0, 0.05) is 22.5 Å². The molecule has 0 fully saturated rings. The SMILES string of the molecule is Cc1cnc(N)c(C(=O)c2ccc(Cl)cc2N)c1. The second-order valence-corrected chi connectivity index (χ2v) is 4.44. The predicted octanol–water partition coefficient (Wildman–Crippen LogP) is 2.44. The maximum atomic E-state index is 12.3. The molecule has 0 saturated carbocycles. The van der Waals surface area contributed by atoms with Crippen LogP contribution in [0.4, 0.5) is 11.5 Å². The predicted molar refractivity (Wildman–Crippen MR) is 72.7 cm³/mol. The first-order chi connectivity index (χ1) is 8.49. The van der Waals surface area contributed by atoms with Crippen LogP contribution in [0.5, 0.6) is 0 Å². The number of anilines is 2. The molecule has 4 nitrogen and oxygen atoms in total. The zero-order valence-corrected chi connectivity index (χ0v) is 10.5. The fourth-order valence-corrected chi connectivity index (χ4v) is 1.83. The average molecular weight is 262 g/mol. The summed E-state index contributed by atoms with van der Waals surface area (Å²) < 4.78 is 0. The lowest BCUT2D eigenvalue weighted by molar-refractivity contribution is 0.104. The topological polar surface area (TPSA) is 82.0 Å². The number of carbonyl (C=O) groups excluding carboxylic acids is 1. The van der Waals surface area contributed by atoms with Crippen LogP contribution < -0.4 is 11.5 Å². The van der Waals surface area contributed by atoms with Crippen LogP contribution in [0.15, 0.2) is 30.5 Å². The van der Waals surface area contributed by atoms with Crippen molar-refractivity contribution in [3.8, 4) is 0 Å². The molecule has 1 aromatic heterocycles. The molecule has 0 spiro atoms. The maximum Gasteiger partial charge on any atom is 0.198 e. The summed E-state index contributed by atoms with van der Waals surface area (Å²) in [7, 11) is 0. The molecule has 2 rings (SSSR count). The number of aryl methyl sites for hydroxylation is 1. The van der Waals surface area contributed by atoms with Crippen molar-refractivity contribution in [2.45, 2.75) is 6.92 Å². The molecule has 0 unspecified atom stereocenters. The Bertz CT molecular complexity index is 626. The van der Waals surface area contributed by atoms with Crippen LogP contribution in [0.25, 0.3) is 0 Å². The molecule has 0 radical (unpaired) electrons. The molecule has 0 saturated heterocycles. The summed E-state index contributed by atoms with van der Waals surface area (Å²) in [5.74, 6) is -0.0576. The van der Waals surface area contributed by atoms with Crippen molar-refractivity contribution >= 4 is 28.9 Å². The third-order valence-electron chi connectivity index (χ3n) is 2.56. The number of carbonyl (C=O) groups is 1. The number of nitrogen functional groups attached to an aromatic ring is 2. The lowest BCUT2D eigenvalue weighted by Crippen LogP contribution is -2.09. The zero-order chi connectivity index (χ0) is 13.3. The van der Waals surface area contributed by atoms with Gasteiger partial charge in [-0.15, -0.1) is 0 Å². The fourth-order valence-electron chi connectivity index (χ4n) is 1.65. The van der Waals surface area contributed by atoms with E-state index in [4.69, 9.17) is 23.1 Å². The van der Waals surface area contributed by atoms with Crippen molar-refractivity contribution in [2.75, 3.05) is 11.5 Å². The summed E-state index contributed by atoms with van der Waals surface area (Å²) in [4.78, 5) is 16.3. The van der Waals surface area contributed by atoms with Crippen molar-refractivity contribution in [3.63, 3.8) is 0 Å². The van der Waals surface area contributed by atoms with Gasteiger partial charge in [-0.05, 0) is 36.8 Å². The van der Waals surface area contributed by atoms with Crippen LogP contribution in [-0.2, 0) is 0 Å². The minimum absolute atomic E-state index is 0.194. The molecule has 5 heteroatoms. The van der Waals surface area contributed by atoms with E-state index in [9.17, 15) is 4.79 Å². The molecule has 4 N–H and O–H groups in total. The van der Waals surface area contributed by atoms with Gasteiger partial charge in [-0.1, -0.05) is 11.6 Å². The Morgan fingerprint density at radius 2 is 1.94 bits per heavy atom. The zero-order valence-electron chi connectivity index (χ0n) is 9.77. The Balaban J connectivity index is 2.51. The van der Waals surface area contributed by atoms with Gasteiger partial charge in [0.05, 0.1) is 5.56 Å². The lowest BCUT2D eigenvalue weighted by atomic mass is 10.0. The summed E-state index contributed by atoms with van der Waals surface area (Å²) in [5, 5.41) is 0.486. The number of benzene rings is 1. The van der Waals surface area contributed by atoms with Crippen molar-refractivity contribution in [2.24, 2.45) is 0 Å². The largest absolute Gasteiger partial charge is 0.398 e. The Morgan fingerprint density at radius 3 is 2.61 bits per heavy atom. The van der Waals surface area contributed by atoms with Crippen molar-refractivity contribution in [1.29, 1.82) is 0 Å². The third-order valence-corrected chi connectivity index (χ3v) is 2.79. The van der Waals surface area contributed by atoms with Gasteiger partial charge >= 0.3 is 0 Å². The van der Waals surface area contributed by atoms with Gasteiger partial charge in [0.15, 0.2) is 5.78 Å². The molecular formula is C13H12ClN3O. The van der Waals surface area contributed by atoms with E-state index in [1.807, 2.05) is 6.92 Å². The fraction of sp³-hybridized carbons (Fsp3) is 0.0769. The van der Waals surface area contributed by atoms with Gasteiger partial charge in [0.25, 0.3) is 0 Å². The molecule has 2 aromatic rings. The quantitative estimate of drug-likeness (QED) is 0.643. The molecule has 1 heterocycles.